The Hall–Kier alpha value is -3.10. The van der Waals surface area contributed by atoms with Crippen LogP contribution in [0.2, 0.25) is 0 Å². The molecule has 0 amide bonds. The Kier molecular flexibility index (Phi) is 6.00. The van der Waals surface area contributed by atoms with Crippen LogP contribution in [-0.4, -0.2) is 49.5 Å². The minimum absolute atomic E-state index is 0.0620. The van der Waals surface area contributed by atoms with E-state index in [1.165, 1.54) is 4.31 Å². The molecule has 1 saturated heterocycles. The molecular formula is C28H32N2O5S. The van der Waals surface area contributed by atoms with Crippen molar-refractivity contribution in [2.75, 3.05) is 18.5 Å². The molecule has 0 aromatic heterocycles. The lowest BCUT2D eigenvalue weighted by Gasteiger charge is -2.38. The smallest absolute Gasteiger partial charge is 0.335 e. The van der Waals surface area contributed by atoms with E-state index in [0.29, 0.717) is 42.2 Å². The van der Waals surface area contributed by atoms with Gasteiger partial charge >= 0.3 is 5.97 Å². The van der Waals surface area contributed by atoms with Crippen LogP contribution in [0.3, 0.4) is 0 Å². The van der Waals surface area contributed by atoms with E-state index in [4.69, 9.17) is 4.74 Å². The molecule has 1 aliphatic carbocycles. The van der Waals surface area contributed by atoms with Crippen LogP contribution in [0.4, 0.5) is 5.69 Å². The fraction of sp³-hybridized carbons (Fsp3) is 0.393. The van der Waals surface area contributed by atoms with Crippen molar-refractivity contribution in [2.45, 2.75) is 52.3 Å². The van der Waals surface area contributed by atoms with E-state index >= 15 is 0 Å². The quantitative estimate of drug-likeness (QED) is 0.637. The normalized spacial score (nSPS) is 23.6. The number of carboxylic acid groups (broad SMARTS) is 1. The van der Waals surface area contributed by atoms with E-state index < -0.39 is 22.0 Å². The first-order chi connectivity index (χ1) is 17.0. The molecule has 3 aliphatic rings. The molecule has 1 unspecified atom stereocenters. The van der Waals surface area contributed by atoms with Gasteiger partial charge in [0.25, 0.3) is 0 Å². The summed E-state index contributed by atoms with van der Waals surface area (Å²) < 4.78 is 35.8. The predicted octanol–water partition coefficient (Wildman–Crippen LogP) is 4.87. The second-order valence-corrected chi connectivity index (χ2v) is 13.0. The molecule has 0 radical (unpaired) electrons. The summed E-state index contributed by atoms with van der Waals surface area (Å²) >= 11 is 0. The number of nitrogens with zero attached hydrogens (tertiary/aromatic N) is 2. The number of anilines is 1. The van der Waals surface area contributed by atoms with Gasteiger partial charge in [0.2, 0.25) is 10.0 Å². The zero-order valence-corrected chi connectivity index (χ0v) is 21.9. The number of ether oxygens (including phenoxy) is 1. The summed E-state index contributed by atoms with van der Waals surface area (Å²) in [6.07, 6.45) is 2.82. The number of likely N-dealkylation sites (N-methyl/N-ethyl adjacent to an activating group) is 1. The molecular weight excluding hydrogens is 476 g/mol. The number of hydrogen-bond donors (Lipinski definition) is 1. The van der Waals surface area contributed by atoms with Gasteiger partial charge in [-0.05, 0) is 53.3 Å². The van der Waals surface area contributed by atoms with E-state index in [0.717, 1.165) is 16.8 Å². The molecule has 2 aromatic rings. The van der Waals surface area contributed by atoms with Crippen LogP contribution < -0.4 is 4.90 Å². The summed E-state index contributed by atoms with van der Waals surface area (Å²) in [5.74, 6) is -0.318. The molecule has 0 bridgehead atoms. The molecule has 0 saturated carbocycles. The maximum Gasteiger partial charge on any atom is 0.335 e. The van der Waals surface area contributed by atoms with Gasteiger partial charge in [0.1, 0.15) is 12.4 Å². The van der Waals surface area contributed by atoms with Crippen molar-refractivity contribution < 1.29 is 23.1 Å². The number of benzene rings is 2. The van der Waals surface area contributed by atoms with Crippen molar-refractivity contribution in [1.82, 2.24) is 4.31 Å². The molecule has 7 nitrogen and oxygen atoms in total. The van der Waals surface area contributed by atoms with E-state index in [9.17, 15) is 18.3 Å². The van der Waals surface area contributed by atoms with Crippen molar-refractivity contribution in [1.29, 1.82) is 0 Å². The molecule has 2 aliphatic heterocycles. The fourth-order valence-electron chi connectivity index (χ4n) is 5.47. The second-order valence-electron chi connectivity index (χ2n) is 11.0. The summed E-state index contributed by atoms with van der Waals surface area (Å²) in [4.78, 5) is 14.2. The van der Waals surface area contributed by atoms with Gasteiger partial charge in [0.05, 0.1) is 16.5 Å². The molecule has 2 heterocycles. The summed E-state index contributed by atoms with van der Waals surface area (Å²) in [7, 11) is -2.12. The van der Waals surface area contributed by atoms with Gasteiger partial charge in [0, 0.05) is 37.3 Å². The summed E-state index contributed by atoms with van der Waals surface area (Å²) in [6, 6.07) is 14.2. The molecule has 8 heteroatoms. The lowest BCUT2D eigenvalue weighted by Crippen LogP contribution is -2.44. The number of carboxylic acids is 1. The van der Waals surface area contributed by atoms with Crippen LogP contribution >= 0.6 is 0 Å². The molecule has 1 N–H and O–H groups in total. The first kappa shape index (κ1) is 24.6. The Morgan fingerprint density at radius 2 is 1.86 bits per heavy atom. The molecule has 5 rings (SSSR count). The SMILES string of the molecule is CN1[C@H](CC(C)(C)C)CN(c2ccccc2)C2CC3=C(C=C2S1(=O)=O)c1cc(C(=O)O)ccc1CO3. The monoisotopic (exact) mass is 508 g/mol. The molecule has 0 spiro atoms. The molecule has 36 heavy (non-hydrogen) atoms. The van der Waals surface area contributed by atoms with Crippen molar-refractivity contribution >= 4 is 27.3 Å². The number of sulfonamides is 1. The van der Waals surface area contributed by atoms with Gasteiger partial charge in [-0.25, -0.2) is 13.2 Å². The van der Waals surface area contributed by atoms with E-state index in [1.807, 2.05) is 30.3 Å². The summed E-state index contributed by atoms with van der Waals surface area (Å²) in [5, 5.41) is 9.54. The van der Waals surface area contributed by atoms with Crippen LogP contribution in [-0.2, 0) is 21.4 Å². The average molecular weight is 509 g/mol. The van der Waals surface area contributed by atoms with Crippen molar-refractivity contribution in [2.24, 2.45) is 5.41 Å². The average Bonchev–Trinajstić information content (AvgIpc) is 2.91. The largest absolute Gasteiger partial charge is 0.492 e. The van der Waals surface area contributed by atoms with Gasteiger partial charge in [-0.1, -0.05) is 45.0 Å². The van der Waals surface area contributed by atoms with Gasteiger partial charge in [-0.2, -0.15) is 4.31 Å². The third-order valence-electron chi connectivity index (χ3n) is 7.25. The number of aromatic carboxylic acids is 1. The Morgan fingerprint density at radius 1 is 1.14 bits per heavy atom. The topological polar surface area (TPSA) is 87.2 Å². The van der Waals surface area contributed by atoms with Gasteiger partial charge in [-0.15, -0.1) is 0 Å². The van der Waals surface area contributed by atoms with E-state index in [1.54, 1.807) is 31.3 Å². The molecule has 1 fully saturated rings. The standard InChI is InChI=1S/C28H32N2O5S/c1-28(2,3)15-21-16-30(20-8-6-5-7-9-20)24-14-25-23(13-26(24)36(33,34)29(21)4)22-12-18(27(31)32)10-11-19(22)17-35-25/h5-13,21,24H,14-17H2,1-4H3,(H,31,32)/t21-,24?/m1/s1. The number of rotatable bonds is 3. The lowest BCUT2D eigenvalue weighted by molar-refractivity contribution is 0.0696. The Bertz CT molecular complexity index is 1370. The van der Waals surface area contributed by atoms with Crippen molar-refractivity contribution in [3.8, 4) is 0 Å². The van der Waals surface area contributed by atoms with Crippen LogP contribution in [0, 0.1) is 5.41 Å². The minimum atomic E-state index is -3.79. The maximum atomic E-state index is 14.1. The molecule has 2 atom stereocenters. The zero-order chi connectivity index (χ0) is 25.8. The molecule has 2 aromatic carbocycles. The third-order valence-corrected chi connectivity index (χ3v) is 9.30. The van der Waals surface area contributed by atoms with Crippen LogP contribution in [0.25, 0.3) is 5.57 Å². The van der Waals surface area contributed by atoms with Gasteiger partial charge in [0.15, 0.2) is 0 Å². The Morgan fingerprint density at radius 3 is 2.53 bits per heavy atom. The number of allylic oxidation sites excluding steroid dienone is 2. The number of hydrogen-bond acceptors (Lipinski definition) is 5. The van der Waals surface area contributed by atoms with Crippen LogP contribution in [0.5, 0.6) is 0 Å². The molecule has 190 valence electrons. The van der Waals surface area contributed by atoms with Crippen molar-refractivity contribution in [3.63, 3.8) is 0 Å². The second kappa shape index (κ2) is 8.78. The number of carbonyl (C=O) groups is 1. The lowest BCUT2D eigenvalue weighted by atomic mass is 9.86. The maximum absolute atomic E-state index is 14.1. The highest BCUT2D eigenvalue weighted by atomic mass is 32.2. The third kappa shape index (κ3) is 4.33. The van der Waals surface area contributed by atoms with Crippen LogP contribution in [0.15, 0.2) is 65.3 Å². The highest BCUT2D eigenvalue weighted by Gasteiger charge is 2.45. The first-order valence-corrected chi connectivity index (χ1v) is 13.6. The number of para-hydroxylation sites is 1. The van der Waals surface area contributed by atoms with Gasteiger partial charge in [-0.3, -0.25) is 0 Å². The Balaban J connectivity index is 1.67. The van der Waals surface area contributed by atoms with Gasteiger partial charge < -0.3 is 14.7 Å². The van der Waals surface area contributed by atoms with Crippen LogP contribution in [0.1, 0.15) is 55.1 Å². The highest BCUT2D eigenvalue weighted by Crippen LogP contribution is 2.44. The fourth-order valence-corrected chi connectivity index (χ4v) is 7.15. The minimum Gasteiger partial charge on any atom is -0.492 e. The van der Waals surface area contributed by atoms with E-state index in [-0.39, 0.29) is 17.0 Å². The first-order valence-electron chi connectivity index (χ1n) is 12.2. The Labute approximate surface area is 212 Å². The highest BCUT2D eigenvalue weighted by molar-refractivity contribution is 7.93. The predicted molar refractivity (Wildman–Crippen MR) is 140 cm³/mol. The zero-order valence-electron chi connectivity index (χ0n) is 21.1. The number of fused-ring (bicyclic) bond motifs is 3. The summed E-state index contributed by atoms with van der Waals surface area (Å²) in [6.45, 7) is 7.27. The van der Waals surface area contributed by atoms with E-state index in [2.05, 4.69) is 25.7 Å². The summed E-state index contributed by atoms with van der Waals surface area (Å²) in [5.41, 5.74) is 3.30. The van der Waals surface area contributed by atoms with Crippen molar-refractivity contribution in [3.05, 3.63) is 82.0 Å².